The van der Waals surface area contributed by atoms with Crippen molar-refractivity contribution < 1.29 is 140 Å². The molecule has 764 valence electrons. The first-order valence-electron chi connectivity index (χ1n) is 50.4. The fourth-order valence-corrected chi connectivity index (χ4v) is 15.8. The maximum atomic E-state index is 10.2. The van der Waals surface area contributed by atoms with Crippen LogP contribution < -0.4 is 22.9 Å². The molecule has 4 saturated heterocycles. The van der Waals surface area contributed by atoms with Gasteiger partial charge in [0.2, 0.25) is 0 Å². The van der Waals surface area contributed by atoms with Crippen molar-refractivity contribution in [2.24, 2.45) is 22.9 Å². The highest BCUT2D eigenvalue weighted by Crippen LogP contribution is 2.29. The normalized spacial score (nSPS) is 28.2. The summed E-state index contributed by atoms with van der Waals surface area (Å²) >= 11 is 0. The summed E-state index contributed by atoms with van der Waals surface area (Å²) in [6.45, 7) is 6.53. The standard InChI is InChI=1S/2C24H49NO7.2C24H47NO7/c4*1-2-3-4-5-6-7-8-9-10-11-12-13-14-15-19(27)18(25)17-31-24-23(30)22(29)21(28)20(16-26)32-24/h2*18-24,26-30H,2-17,25H2,1H3;2*14-15,18-24,26-30H,2-13,16-17,25H2,1H3/b;;2*15-14+/t4*18-,19+,20?,21?,22?,23?,24?/m0000/s1. The Morgan fingerprint density at radius 3 is 0.594 bits per heavy atom. The zero-order valence-electron chi connectivity index (χ0n) is 79.4. The first-order valence-corrected chi connectivity index (χ1v) is 50.4. The summed E-state index contributed by atoms with van der Waals surface area (Å²) in [4.78, 5) is 0. The average Bonchev–Trinajstić information content (AvgIpc) is 0.835. The molecule has 32 nitrogen and oxygen atoms in total. The van der Waals surface area contributed by atoms with Crippen LogP contribution in [0, 0.1) is 0 Å². The lowest BCUT2D eigenvalue weighted by atomic mass is 9.99. The summed E-state index contributed by atoms with van der Waals surface area (Å²) in [6, 6.07) is -2.79. The first-order chi connectivity index (χ1) is 61.7. The second kappa shape index (κ2) is 81.2. The molecule has 0 aliphatic carbocycles. The molecule has 32 heteroatoms. The van der Waals surface area contributed by atoms with Crippen molar-refractivity contribution >= 4 is 0 Å². The lowest BCUT2D eigenvalue weighted by Crippen LogP contribution is -2.59. The smallest absolute Gasteiger partial charge is 0.186 e. The first kappa shape index (κ1) is 124. The van der Waals surface area contributed by atoms with E-state index < -0.39 is 198 Å². The van der Waals surface area contributed by atoms with Crippen LogP contribution in [0.4, 0.5) is 0 Å². The Morgan fingerprint density at radius 2 is 0.406 bits per heavy atom. The highest BCUT2D eigenvalue weighted by molar-refractivity contribution is 4.97. The molecule has 0 amide bonds. The number of rotatable bonds is 74. The molecule has 4 heterocycles. The van der Waals surface area contributed by atoms with Crippen molar-refractivity contribution in [2.45, 2.75) is 533 Å². The van der Waals surface area contributed by atoms with Gasteiger partial charge in [0.05, 0.1) is 101 Å². The Morgan fingerprint density at radius 1 is 0.234 bits per heavy atom. The van der Waals surface area contributed by atoms with Crippen LogP contribution in [0.25, 0.3) is 0 Å². The van der Waals surface area contributed by atoms with E-state index in [0.717, 1.165) is 51.4 Å². The number of allylic oxidation sites excluding steroid dienone is 2. The van der Waals surface area contributed by atoms with E-state index in [4.69, 9.17) is 60.8 Å². The maximum absolute atomic E-state index is 10.2. The monoisotopic (exact) mass is 1850 g/mol. The number of hydrogen-bond donors (Lipinski definition) is 24. The molecule has 0 aromatic carbocycles. The zero-order valence-corrected chi connectivity index (χ0v) is 79.4. The Hall–Kier alpha value is -1.80. The molecule has 0 bridgehead atoms. The van der Waals surface area contributed by atoms with Crippen LogP contribution in [0.15, 0.2) is 24.3 Å². The molecule has 4 aliphatic heterocycles. The minimum absolute atomic E-state index is 0.0672. The molecular weight excluding hydrogens is 1660 g/mol. The van der Waals surface area contributed by atoms with E-state index in [2.05, 4.69) is 27.7 Å². The Kier molecular flexibility index (Phi) is 78.8. The van der Waals surface area contributed by atoms with Gasteiger partial charge in [-0.05, 0) is 38.5 Å². The van der Waals surface area contributed by atoms with Gasteiger partial charge in [-0.1, -0.05) is 347 Å². The summed E-state index contributed by atoms with van der Waals surface area (Å²) in [5.74, 6) is 0. The van der Waals surface area contributed by atoms with Crippen LogP contribution in [0.5, 0.6) is 0 Å². The predicted molar refractivity (Wildman–Crippen MR) is 496 cm³/mol. The minimum Gasteiger partial charge on any atom is -0.394 e. The summed E-state index contributed by atoms with van der Waals surface area (Å²) in [5, 5.41) is 196. The Labute approximate surface area is 769 Å². The number of aliphatic hydroxyl groups excluding tert-OH is 20. The molecule has 20 unspecified atom stereocenters. The van der Waals surface area contributed by atoms with Crippen molar-refractivity contribution in [3.8, 4) is 0 Å². The molecule has 4 fully saturated rings. The van der Waals surface area contributed by atoms with Crippen LogP contribution in [0.3, 0.4) is 0 Å². The van der Waals surface area contributed by atoms with E-state index in [0.29, 0.717) is 12.8 Å². The molecule has 28 atom stereocenters. The van der Waals surface area contributed by atoms with Crippen molar-refractivity contribution in [2.75, 3.05) is 52.9 Å². The molecule has 128 heavy (non-hydrogen) atoms. The second-order valence-electron chi connectivity index (χ2n) is 36.5. The third-order valence-corrected chi connectivity index (χ3v) is 24.9. The zero-order chi connectivity index (χ0) is 95.1. The minimum atomic E-state index is -1.50. The summed E-state index contributed by atoms with van der Waals surface area (Å²) in [6.07, 6.45) is 41.6. The number of hydrogen-bond acceptors (Lipinski definition) is 32. The third kappa shape index (κ3) is 56.8. The van der Waals surface area contributed by atoms with Crippen LogP contribution in [0.2, 0.25) is 0 Å². The van der Waals surface area contributed by atoms with Gasteiger partial charge < -0.3 is 163 Å². The van der Waals surface area contributed by atoms with Gasteiger partial charge in [0.1, 0.15) is 97.7 Å². The number of nitrogens with two attached hydrogens (primary N) is 4. The van der Waals surface area contributed by atoms with E-state index >= 15 is 0 Å². The second-order valence-corrected chi connectivity index (χ2v) is 36.5. The molecule has 0 radical (unpaired) electrons. The van der Waals surface area contributed by atoms with E-state index in [9.17, 15) is 102 Å². The highest BCUT2D eigenvalue weighted by atomic mass is 16.7. The van der Waals surface area contributed by atoms with Gasteiger partial charge in [-0.2, -0.15) is 0 Å². The van der Waals surface area contributed by atoms with Crippen LogP contribution in [0.1, 0.15) is 362 Å². The highest BCUT2D eigenvalue weighted by Gasteiger charge is 2.48. The van der Waals surface area contributed by atoms with Gasteiger partial charge in [0.25, 0.3) is 0 Å². The van der Waals surface area contributed by atoms with Crippen molar-refractivity contribution in [1.29, 1.82) is 0 Å². The summed E-state index contributed by atoms with van der Waals surface area (Å²) < 4.78 is 42.6. The van der Waals surface area contributed by atoms with E-state index in [1.54, 1.807) is 12.2 Å². The van der Waals surface area contributed by atoms with Gasteiger partial charge in [0, 0.05) is 0 Å². The van der Waals surface area contributed by atoms with Gasteiger partial charge in [-0.3, -0.25) is 0 Å². The molecule has 28 N–H and O–H groups in total. The summed E-state index contributed by atoms with van der Waals surface area (Å²) in [7, 11) is 0. The van der Waals surface area contributed by atoms with E-state index in [1.165, 1.54) is 270 Å². The molecule has 4 rings (SSSR count). The van der Waals surface area contributed by atoms with Crippen LogP contribution in [-0.4, -0.2) is 326 Å². The molecule has 0 aromatic rings. The van der Waals surface area contributed by atoms with E-state index in [-0.39, 0.29) is 26.4 Å². The van der Waals surface area contributed by atoms with Crippen molar-refractivity contribution in [3.05, 3.63) is 24.3 Å². The lowest BCUT2D eigenvalue weighted by Gasteiger charge is -2.40. The third-order valence-electron chi connectivity index (χ3n) is 24.9. The summed E-state index contributed by atoms with van der Waals surface area (Å²) in [5.41, 5.74) is 23.8. The molecule has 0 aromatic heterocycles. The van der Waals surface area contributed by atoms with Crippen LogP contribution >= 0.6 is 0 Å². The van der Waals surface area contributed by atoms with Gasteiger partial charge in [0.15, 0.2) is 25.2 Å². The predicted octanol–water partition coefficient (Wildman–Crippen LogP) is 7.44. The maximum Gasteiger partial charge on any atom is 0.186 e. The van der Waals surface area contributed by atoms with Gasteiger partial charge in [-0.15, -0.1) is 0 Å². The lowest BCUT2D eigenvalue weighted by molar-refractivity contribution is -0.302. The average molecular weight is 1850 g/mol. The Bertz CT molecular complexity index is 2320. The fraction of sp³-hybridized carbons (Fsp3) is 0.958. The van der Waals surface area contributed by atoms with Crippen molar-refractivity contribution in [3.63, 3.8) is 0 Å². The molecule has 0 saturated carbocycles. The van der Waals surface area contributed by atoms with Gasteiger partial charge in [-0.25, -0.2) is 0 Å². The quantitative estimate of drug-likeness (QED) is 0.0208. The topological polar surface area (TPSA) is 583 Å². The SMILES string of the molecule is CCCCCCCCCCCCC/C=C/[C@@H](O)[C@@H](N)COC1OC(CO)C(O)C(O)C1O.CCCCCCCCCCCCC/C=C/[C@@H](O)[C@@H](N)COC1OC(CO)C(O)C(O)C1O.CCCCCCCCCCCCCCC[C@@H](O)[C@@H](N)COC1OC(CO)C(O)C(O)C1O.CCCCCCCCCCCCCCC[C@@H](O)[C@@H](N)COC1OC(CO)C(O)C(O)C1O. The number of aliphatic hydroxyl groups is 20. The fourth-order valence-electron chi connectivity index (χ4n) is 15.8. The van der Waals surface area contributed by atoms with Gasteiger partial charge >= 0.3 is 0 Å². The van der Waals surface area contributed by atoms with Crippen molar-refractivity contribution in [1.82, 2.24) is 0 Å². The number of unbranched alkanes of at least 4 members (excludes halogenated alkanes) is 46. The number of ether oxygens (including phenoxy) is 8. The molecule has 4 aliphatic rings. The van der Waals surface area contributed by atoms with E-state index in [1.807, 2.05) is 12.2 Å². The largest absolute Gasteiger partial charge is 0.394 e. The van der Waals surface area contributed by atoms with Crippen LogP contribution in [-0.2, 0) is 37.9 Å². The Balaban J connectivity index is 0.000000853. The molecule has 0 spiro atoms. The molecular formula is C96H192N4O28.